The van der Waals surface area contributed by atoms with E-state index >= 15 is 0 Å². The Morgan fingerprint density at radius 1 is 1.03 bits per heavy atom. The number of hydrogen-bond donors (Lipinski definition) is 1. The lowest BCUT2D eigenvalue weighted by Crippen LogP contribution is -2.40. The molecule has 2 fully saturated rings. The van der Waals surface area contributed by atoms with E-state index in [1.165, 1.54) is 25.7 Å². The first-order chi connectivity index (χ1) is 17.2. The van der Waals surface area contributed by atoms with Crippen LogP contribution in [0.2, 0.25) is 0 Å². The molecule has 6 heterocycles. The van der Waals surface area contributed by atoms with E-state index in [2.05, 4.69) is 27.3 Å². The smallest absolute Gasteiger partial charge is 0.250 e. The summed E-state index contributed by atoms with van der Waals surface area (Å²) in [6, 6.07) is 5.74. The van der Waals surface area contributed by atoms with Crippen molar-refractivity contribution in [3.05, 3.63) is 45.9 Å². The number of hydrogen-bond acceptors (Lipinski definition) is 8. The summed E-state index contributed by atoms with van der Waals surface area (Å²) in [5, 5.41) is 3.50. The summed E-state index contributed by atoms with van der Waals surface area (Å²) >= 11 is 0. The van der Waals surface area contributed by atoms with Crippen molar-refractivity contribution >= 4 is 17.8 Å². The molecule has 0 saturated carbocycles. The molecule has 9 nitrogen and oxygen atoms in total. The van der Waals surface area contributed by atoms with Gasteiger partial charge in [-0.15, -0.1) is 0 Å². The molecule has 2 saturated heterocycles. The van der Waals surface area contributed by atoms with E-state index in [4.69, 9.17) is 19.7 Å². The average molecular weight is 478 g/mol. The molecule has 186 valence electrons. The lowest BCUT2D eigenvalue weighted by Gasteiger charge is -2.37. The zero-order chi connectivity index (χ0) is 23.6. The van der Waals surface area contributed by atoms with Crippen molar-refractivity contribution in [2.75, 3.05) is 54.5 Å². The Morgan fingerprint density at radius 3 is 2.77 bits per heavy atom. The van der Waals surface area contributed by atoms with E-state index in [0.717, 1.165) is 57.7 Å². The number of anilines is 3. The van der Waals surface area contributed by atoms with Gasteiger partial charge < -0.3 is 24.4 Å². The molecule has 2 unspecified atom stereocenters. The Morgan fingerprint density at radius 2 is 1.91 bits per heavy atom. The van der Waals surface area contributed by atoms with E-state index in [-0.39, 0.29) is 11.6 Å². The number of pyridine rings is 1. The topological polar surface area (TPSA) is 88.4 Å². The van der Waals surface area contributed by atoms with Gasteiger partial charge in [0.25, 0.3) is 5.56 Å². The highest BCUT2D eigenvalue weighted by atomic mass is 16.5. The summed E-state index contributed by atoms with van der Waals surface area (Å²) in [5.41, 5.74) is 2.70. The Hall–Kier alpha value is -2.94. The molecule has 0 aromatic carbocycles. The molecule has 4 aliphatic heterocycles. The van der Waals surface area contributed by atoms with Crippen LogP contribution >= 0.6 is 0 Å². The maximum absolute atomic E-state index is 12.6. The van der Waals surface area contributed by atoms with E-state index in [0.29, 0.717) is 37.0 Å². The van der Waals surface area contributed by atoms with Crippen LogP contribution in [0.5, 0.6) is 0 Å². The van der Waals surface area contributed by atoms with Crippen LogP contribution in [0.25, 0.3) is 0 Å². The second kappa shape index (κ2) is 9.97. The molecule has 0 spiro atoms. The molecule has 9 heteroatoms. The summed E-state index contributed by atoms with van der Waals surface area (Å²) < 4.78 is 7.52. The summed E-state index contributed by atoms with van der Waals surface area (Å²) in [5.74, 6) is 2.47. The Kier molecular flexibility index (Phi) is 6.41. The fourth-order valence-corrected chi connectivity index (χ4v) is 5.94. The van der Waals surface area contributed by atoms with E-state index in [9.17, 15) is 4.79 Å². The third kappa shape index (κ3) is 4.78. The van der Waals surface area contributed by atoms with Gasteiger partial charge in [0.1, 0.15) is 0 Å². The minimum atomic E-state index is 0.0882. The van der Waals surface area contributed by atoms with Crippen LogP contribution < -0.4 is 20.7 Å². The monoisotopic (exact) mass is 477 g/mol. The second-order valence-corrected chi connectivity index (χ2v) is 10.2. The first-order valence-electron chi connectivity index (χ1n) is 13.2. The molecule has 5 aliphatic rings. The molecule has 1 aliphatic carbocycles. The second-order valence-electron chi connectivity index (χ2n) is 10.2. The number of nitrogens with one attached hydrogen (secondary N) is 1. The molecule has 1 N–H and O–H groups in total. The molecule has 7 rings (SSSR count). The van der Waals surface area contributed by atoms with Crippen molar-refractivity contribution in [2.45, 2.75) is 57.5 Å². The molecule has 2 aromatic rings. The Balaban J connectivity index is 1.30. The number of nitrogens with zero attached hydrogens (tertiary/aromatic N) is 6. The van der Waals surface area contributed by atoms with Crippen molar-refractivity contribution < 1.29 is 4.74 Å². The summed E-state index contributed by atoms with van der Waals surface area (Å²) in [6.45, 7) is 5.36. The van der Waals surface area contributed by atoms with Gasteiger partial charge in [-0.05, 0) is 56.9 Å². The van der Waals surface area contributed by atoms with Gasteiger partial charge in [-0.25, -0.2) is 0 Å². The number of morpholine rings is 1. The van der Waals surface area contributed by atoms with Crippen molar-refractivity contribution in [3.63, 3.8) is 0 Å². The van der Waals surface area contributed by atoms with Crippen LogP contribution in [0.15, 0.2) is 34.6 Å². The zero-order valence-electron chi connectivity index (χ0n) is 20.4. The van der Waals surface area contributed by atoms with E-state index in [1.807, 2.05) is 10.6 Å². The van der Waals surface area contributed by atoms with Crippen molar-refractivity contribution in [1.29, 1.82) is 0 Å². The molecule has 2 atom stereocenters. The van der Waals surface area contributed by atoms with Crippen LogP contribution in [-0.2, 0) is 11.3 Å². The lowest BCUT2D eigenvalue weighted by atomic mass is 9.94. The third-order valence-electron chi connectivity index (χ3n) is 7.82. The van der Waals surface area contributed by atoms with Crippen LogP contribution in [0.1, 0.15) is 56.7 Å². The number of piperidine rings is 1. The third-order valence-corrected chi connectivity index (χ3v) is 7.82. The fourth-order valence-electron chi connectivity index (χ4n) is 5.94. The predicted octanol–water partition coefficient (Wildman–Crippen LogP) is 3.14. The van der Waals surface area contributed by atoms with Crippen molar-refractivity contribution in [3.8, 4) is 0 Å². The molecule has 2 aromatic heterocycles. The highest BCUT2D eigenvalue weighted by Gasteiger charge is 2.37. The number of fused-ring (bicyclic) bond motifs is 2. The van der Waals surface area contributed by atoms with Gasteiger partial charge >= 0.3 is 0 Å². The number of aromatic nitrogens is 4. The van der Waals surface area contributed by atoms with Gasteiger partial charge in [0.15, 0.2) is 0 Å². The fraction of sp³-hybridized carbons (Fsp3) is 0.615. The van der Waals surface area contributed by atoms with Crippen molar-refractivity contribution in [1.82, 2.24) is 19.5 Å². The number of allylic oxidation sites excluding steroid dienone is 1. The average Bonchev–Trinajstić information content (AvgIpc) is 3.19. The quantitative estimate of drug-likeness (QED) is 0.635. The molecule has 2 bridgehead atoms. The standard InChI is InChI=1S/C26H35N7O2/c34-23-8-4-7-21-22-10-9-20(17-32(21)23)18-33(22)26-29-24(27-12-11-19-5-2-1-3-6-19)28-25(30-26)31-13-15-35-16-14-31/h4-5,7-8,20,22H,1-3,6,9-18H2,(H,27,28,29,30). The van der Waals surface area contributed by atoms with Gasteiger partial charge in [-0.3, -0.25) is 4.79 Å². The number of rotatable bonds is 6. The van der Waals surface area contributed by atoms with E-state index < -0.39 is 0 Å². The Labute approximate surface area is 206 Å². The van der Waals surface area contributed by atoms with Crippen molar-refractivity contribution in [2.24, 2.45) is 5.92 Å². The largest absolute Gasteiger partial charge is 0.378 e. The summed E-state index contributed by atoms with van der Waals surface area (Å²) in [7, 11) is 0. The van der Waals surface area contributed by atoms with Gasteiger partial charge in [0.2, 0.25) is 17.8 Å². The molecular formula is C26H35N7O2. The highest BCUT2D eigenvalue weighted by Crippen LogP contribution is 2.39. The first kappa shape index (κ1) is 22.5. The highest BCUT2D eigenvalue weighted by molar-refractivity contribution is 5.47. The zero-order valence-corrected chi connectivity index (χ0v) is 20.4. The summed E-state index contributed by atoms with van der Waals surface area (Å²) in [6.07, 6.45) is 10.6. The maximum atomic E-state index is 12.6. The van der Waals surface area contributed by atoms with Gasteiger partial charge in [0.05, 0.1) is 19.3 Å². The number of ether oxygens (including phenoxy) is 1. The van der Waals surface area contributed by atoms with Crippen LogP contribution in [0, 0.1) is 5.92 Å². The molecule has 0 amide bonds. The normalized spacial score (nSPS) is 24.1. The van der Waals surface area contributed by atoms with Gasteiger partial charge in [-0.2, -0.15) is 15.0 Å². The lowest BCUT2D eigenvalue weighted by molar-refractivity contribution is 0.122. The molecule has 35 heavy (non-hydrogen) atoms. The molecule has 0 radical (unpaired) electrons. The minimum Gasteiger partial charge on any atom is -0.378 e. The summed E-state index contributed by atoms with van der Waals surface area (Å²) in [4.78, 5) is 31.8. The van der Waals surface area contributed by atoms with Crippen LogP contribution in [0.3, 0.4) is 0 Å². The predicted molar refractivity (Wildman–Crippen MR) is 136 cm³/mol. The van der Waals surface area contributed by atoms with Gasteiger partial charge in [-0.1, -0.05) is 17.7 Å². The van der Waals surface area contributed by atoms with E-state index in [1.54, 1.807) is 11.6 Å². The molecular weight excluding hydrogens is 442 g/mol. The first-order valence-corrected chi connectivity index (χ1v) is 13.2. The van der Waals surface area contributed by atoms with Crippen LogP contribution in [-0.4, -0.2) is 58.9 Å². The van der Waals surface area contributed by atoms with Crippen LogP contribution in [0.4, 0.5) is 17.8 Å². The SMILES string of the molecule is O=c1cccc2n1CC1CCC2N(c2nc(NCCC3=CCCCC3)nc(N3CCOCC3)n2)C1. The minimum absolute atomic E-state index is 0.0882. The Bertz CT molecular complexity index is 1140. The van der Waals surface area contributed by atoms with Gasteiger partial charge in [0, 0.05) is 44.5 Å². The maximum Gasteiger partial charge on any atom is 0.250 e.